The van der Waals surface area contributed by atoms with Crippen LogP contribution in [-0.2, 0) is 13.0 Å². The Bertz CT molecular complexity index is 371. The standard InChI is InChI=1S/C13H21N3/c1-8(2)10-5-11-13(7-14-10)15-6-12(16-11)9(3)4/h6,8-10,14H,5,7H2,1-4H3. The van der Waals surface area contributed by atoms with Gasteiger partial charge in [-0.25, -0.2) is 0 Å². The van der Waals surface area contributed by atoms with Crippen molar-refractivity contribution in [3.8, 4) is 0 Å². The summed E-state index contributed by atoms with van der Waals surface area (Å²) in [5, 5.41) is 3.52. The first-order valence-electron chi connectivity index (χ1n) is 6.16. The Morgan fingerprint density at radius 2 is 2.00 bits per heavy atom. The summed E-state index contributed by atoms with van der Waals surface area (Å²) in [5.74, 6) is 1.11. The van der Waals surface area contributed by atoms with E-state index >= 15 is 0 Å². The number of aromatic nitrogens is 2. The molecule has 88 valence electrons. The normalized spacial score (nSPS) is 20.2. The van der Waals surface area contributed by atoms with Crippen molar-refractivity contribution in [2.24, 2.45) is 5.92 Å². The van der Waals surface area contributed by atoms with Gasteiger partial charge >= 0.3 is 0 Å². The maximum Gasteiger partial charge on any atom is 0.0757 e. The van der Waals surface area contributed by atoms with Crippen LogP contribution < -0.4 is 5.32 Å². The fraction of sp³-hybridized carbons (Fsp3) is 0.692. The van der Waals surface area contributed by atoms with Crippen molar-refractivity contribution in [1.29, 1.82) is 0 Å². The van der Waals surface area contributed by atoms with Crippen LogP contribution in [0.2, 0.25) is 0 Å². The number of hydrogen-bond acceptors (Lipinski definition) is 3. The zero-order valence-corrected chi connectivity index (χ0v) is 10.6. The molecule has 1 atom stereocenters. The minimum absolute atomic E-state index is 0.463. The molecule has 0 bridgehead atoms. The Morgan fingerprint density at radius 1 is 1.25 bits per heavy atom. The molecule has 0 saturated heterocycles. The van der Waals surface area contributed by atoms with Crippen molar-refractivity contribution in [1.82, 2.24) is 15.3 Å². The third-order valence-electron chi connectivity index (χ3n) is 3.29. The summed E-state index contributed by atoms with van der Waals surface area (Å²) in [6.45, 7) is 9.70. The molecule has 1 aromatic rings. The SMILES string of the molecule is CC(C)c1cnc2c(n1)CC(C(C)C)NC2. The van der Waals surface area contributed by atoms with Gasteiger partial charge in [-0.2, -0.15) is 0 Å². The van der Waals surface area contributed by atoms with E-state index in [2.05, 4.69) is 38.0 Å². The first-order chi connectivity index (χ1) is 7.58. The number of nitrogens with zero attached hydrogens (tertiary/aromatic N) is 2. The smallest absolute Gasteiger partial charge is 0.0757 e. The molecule has 0 radical (unpaired) electrons. The summed E-state index contributed by atoms with van der Waals surface area (Å²) in [4.78, 5) is 9.25. The van der Waals surface area contributed by atoms with E-state index in [4.69, 9.17) is 4.98 Å². The summed E-state index contributed by atoms with van der Waals surface area (Å²) in [7, 11) is 0. The van der Waals surface area contributed by atoms with Gasteiger partial charge in [0, 0.05) is 25.2 Å². The van der Waals surface area contributed by atoms with Crippen LogP contribution in [0.4, 0.5) is 0 Å². The van der Waals surface area contributed by atoms with E-state index in [9.17, 15) is 0 Å². The van der Waals surface area contributed by atoms with E-state index in [0.29, 0.717) is 17.9 Å². The zero-order chi connectivity index (χ0) is 11.7. The van der Waals surface area contributed by atoms with Crippen LogP contribution in [0.3, 0.4) is 0 Å². The lowest BCUT2D eigenvalue weighted by atomic mass is 9.95. The van der Waals surface area contributed by atoms with Gasteiger partial charge in [0.1, 0.15) is 0 Å². The van der Waals surface area contributed by atoms with Crippen molar-refractivity contribution in [2.75, 3.05) is 0 Å². The van der Waals surface area contributed by atoms with Crippen molar-refractivity contribution in [2.45, 2.75) is 52.6 Å². The van der Waals surface area contributed by atoms with Crippen molar-refractivity contribution in [3.63, 3.8) is 0 Å². The predicted octanol–water partition coefficient (Wildman–Crippen LogP) is 2.27. The molecule has 1 unspecified atom stereocenters. The van der Waals surface area contributed by atoms with Crippen molar-refractivity contribution < 1.29 is 0 Å². The van der Waals surface area contributed by atoms with E-state index < -0.39 is 0 Å². The molecule has 1 aliphatic heterocycles. The van der Waals surface area contributed by atoms with Crippen LogP contribution in [0.1, 0.15) is 50.7 Å². The first kappa shape index (κ1) is 11.5. The zero-order valence-electron chi connectivity index (χ0n) is 10.6. The van der Waals surface area contributed by atoms with Gasteiger partial charge in [-0.15, -0.1) is 0 Å². The average molecular weight is 219 g/mol. The maximum atomic E-state index is 4.74. The highest BCUT2D eigenvalue weighted by molar-refractivity contribution is 5.19. The molecule has 0 fully saturated rings. The summed E-state index contributed by atoms with van der Waals surface area (Å²) in [6, 6.07) is 0.546. The van der Waals surface area contributed by atoms with Gasteiger partial charge in [0.2, 0.25) is 0 Å². The Hall–Kier alpha value is -0.960. The van der Waals surface area contributed by atoms with Gasteiger partial charge in [-0.3, -0.25) is 9.97 Å². The topological polar surface area (TPSA) is 37.8 Å². The Balaban J connectivity index is 2.25. The Kier molecular flexibility index (Phi) is 3.24. The van der Waals surface area contributed by atoms with Crippen LogP contribution in [0, 0.1) is 5.92 Å². The molecule has 1 aliphatic rings. The average Bonchev–Trinajstić information content (AvgIpc) is 2.27. The van der Waals surface area contributed by atoms with Gasteiger partial charge in [0.05, 0.1) is 17.1 Å². The van der Waals surface area contributed by atoms with Crippen LogP contribution in [0.5, 0.6) is 0 Å². The van der Waals surface area contributed by atoms with Crippen molar-refractivity contribution >= 4 is 0 Å². The van der Waals surface area contributed by atoms with Crippen molar-refractivity contribution in [3.05, 3.63) is 23.3 Å². The lowest BCUT2D eigenvalue weighted by Crippen LogP contribution is -2.40. The lowest BCUT2D eigenvalue weighted by Gasteiger charge is -2.28. The Labute approximate surface area is 97.7 Å². The first-order valence-corrected chi connectivity index (χ1v) is 6.16. The van der Waals surface area contributed by atoms with E-state index in [1.54, 1.807) is 0 Å². The van der Waals surface area contributed by atoms with Crippen LogP contribution in [-0.4, -0.2) is 16.0 Å². The quantitative estimate of drug-likeness (QED) is 0.829. The second kappa shape index (κ2) is 4.50. The number of fused-ring (bicyclic) bond motifs is 1. The third kappa shape index (κ3) is 2.24. The molecular weight excluding hydrogens is 198 g/mol. The molecule has 3 heteroatoms. The molecular formula is C13H21N3. The third-order valence-corrected chi connectivity index (χ3v) is 3.29. The molecule has 16 heavy (non-hydrogen) atoms. The predicted molar refractivity (Wildman–Crippen MR) is 65.3 cm³/mol. The molecule has 1 N–H and O–H groups in total. The summed E-state index contributed by atoms with van der Waals surface area (Å²) >= 11 is 0. The number of nitrogens with one attached hydrogen (secondary N) is 1. The molecule has 2 rings (SSSR count). The highest BCUT2D eigenvalue weighted by atomic mass is 15.0. The van der Waals surface area contributed by atoms with Gasteiger partial charge in [-0.1, -0.05) is 27.7 Å². The Morgan fingerprint density at radius 3 is 2.62 bits per heavy atom. The monoisotopic (exact) mass is 219 g/mol. The van der Waals surface area contributed by atoms with E-state index in [0.717, 1.165) is 24.4 Å². The molecule has 0 aromatic carbocycles. The van der Waals surface area contributed by atoms with E-state index in [1.807, 2.05) is 6.20 Å². The van der Waals surface area contributed by atoms with Gasteiger partial charge in [0.25, 0.3) is 0 Å². The van der Waals surface area contributed by atoms with Crippen LogP contribution in [0.25, 0.3) is 0 Å². The minimum atomic E-state index is 0.463. The van der Waals surface area contributed by atoms with Crippen LogP contribution >= 0.6 is 0 Å². The number of rotatable bonds is 2. The summed E-state index contributed by atoms with van der Waals surface area (Å²) in [5.41, 5.74) is 3.44. The van der Waals surface area contributed by atoms with Crippen LogP contribution in [0.15, 0.2) is 6.20 Å². The van der Waals surface area contributed by atoms with Gasteiger partial charge in [-0.05, 0) is 11.8 Å². The summed E-state index contributed by atoms with van der Waals surface area (Å²) in [6.07, 6.45) is 2.93. The largest absolute Gasteiger partial charge is 0.308 e. The molecule has 1 aromatic heterocycles. The second-order valence-electron chi connectivity index (χ2n) is 5.28. The molecule has 2 heterocycles. The van der Waals surface area contributed by atoms with E-state index in [1.165, 1.54) is 5.69 Å². The molecule has 0 amide bonds. The highest BCUT2D eigenvalue weighted by Crippen LogP contribution is 2.19. The van der Waals surface area contributed by atoms with Gasteiger partial charge < -0.3 is 5.32 Å². The molecule has 0 saturated carbocycles. The lowest BCUT2D eigenvalue weighted by molar-refractivity contribution is 0.368. The molecule has 3 nitrogen and oxygen atoms in total. The minimum Gasteiger partial charge on any atom is -0.308 e. The molecule has 0 spiro atoms. The highest BCUT2D eigenvalue weighted by Gasteiger charge is 2.22. The molecule has 0 aliphatic carbocycles. The fourth-order valence-corrected chi connectivity index (χ4v) is 2.04. The number of hydrogen-bond donors (Lipinski definition) is 1. The fourth-order valence-electron chi connectivity index (χ4n) is 2.04. The van der Waals surface area contributed by atoms with Gasteiger partial charge in [0.15, 0.2) is 0 Å². The maximum absolute atomic E-state index is 4.74. The second-order valence-corrected chi connectivity index (χ2v) is 5.28. The van der Waals surface area contributed by atoms with E-state index in [-0.39, 0.29) is 0 Å². The summed E-state index contributed by atoms with van der Waals surface area (Å²) < 4.78 is 0.